The van der Waals surface area contributed by atoms with E-state index in [4.69, 9.17) is 10.5 Å². The summed E-state index contributed by atoms with van der Waals surface area (Å²) in [5.41, 5.74) is 6.10. The summed E-state index contributed by atoms with van der Waals surface area (Å²) in [6, 6.07) is 5.03. The van der Waals surface area contributed by atoms with Gasteiger partial charge in [-0.05, 0) is 37.0 Å². The summed E-state index contributed by atoms with van der Waals surface area (Å²) in [5, 5.41) is 0. The van der Waals surface area contributed by atoms with Crippen molar-refractivity contribution in [1.82, 2.24) is 0 Å². The van der Waals surface area contributed by atoms with Gasteiger partial charge in [0.2, 0.25) is 0 Å². The van der Waals surface area contributed by atoms with E-state index in [9.17, 15) is 13.2 Å². The zero-order valence-corrected chi connectivity index (χ0v) is 11.5. The Labute approximate surface area is 117 Å². The predicted octanol–water partition coefficient (Wildman–Crippen LogP) is 3.53. The van der Waals surface area contributed by atoms with Crippen LogP contribution in [0, 0.1) is 0 Å². The highest BCUT2D eigenvalue weighted by Crippen LogP contribution is 2.36. The topological polar surface area (TPSA) is 35.2 Å². The number of hydrogen-bond acceptors (Lipinski definition) is 2. The second-order valence-corrected chi connectivity index (χ2v) is 5.48. The molecule has 1 fully saturated rings. The summed E-state index contributed by atoms with van der Waals surface area (Å²) in [7, 11) is 1.66. The number of nitrogens with two attached hydrogens (primary N) is 1. The average Bonchev–Trinajstić information content (AvgIpc) is 2.88. The Bertz CT molecular complexity index is 435. The molecule has 1 aromatic carbocycles. The molecule has 1 aliphatic carbocycles. The molecule has 0 bridgehead atoms. The number of halogens is 3. The number of benzene rings is 1. The van der Waals surface area contributed by atoms with Gasteiger partial charge in [0.1, 0.15) is 0 Å². The quantitative estimate of drug-likeness (QED) is 0.919. The third kappa shape index (κ3) is 3.15. The lowest BCUT2D eigenvalue weighted by Crippen LogP contribution is -2.48. The molecule has 112 valence electrons. The lowest BCUT2D eigenvalue weighted by molar-refractivity contribution is -0.137. The van der Waals surface area contributed by atoms with Crippen molar-refractivity contribution in [2.75, 3.05) is 7.11 Å². The summed E-state index contributed by atoms with van der Waals surface area (Å²) in [6.45, 7) is 0. The second kappa shape index (κ2) is 5.74. The summed E-state index contributed by atoms with van der Waals surface area (Å²) >= 11 is 0. The van der Waals surface area contributed by atoms with Gasteiger partial charge in [-0.25, -0.2) is 0 Å². The minimum atomic E-state index is -4.29. The molecule has 2 N–H and O–H groups in total. The molecule has 1 atom stereocenters. The number of methoxy groups -OCH3 is 1. The first-order valence-electron chi connectivity index (χ1n) is 6.84. The van der Waals surface area contributed by atoms with E-state index in [1.807, 2.05) is 0 Å². The monoisotopic (exact) mass is 287 g/mol. The lowest BCUT2D eigenvalue weighted by atomic mass is 9.88. The molecule has 2 nitrogen and oxygen atoms in total. The van der Waals surface area contributed by atoms with E-state index in [0.717, 1.165) is 43.4 Å². The van der Waals surface area contributed by atoms with E-state index in [2.05, 4.69) is 0 Å². The van der Waals surface area contributed by atoms with E-state index in [1.54, 1.807) is 7.11 Å². The van der Waals surface area contributed by atoms with E-state index >= 15 is 0 Å². The molecule has 0 spiro atoms. The van der Waals surface area contributed by atoms with Crippen LogP contribution in [-0.4, -0.2) is 18.8 Å². The summed E-state index contributed by atoms with van der Waals surface area (Å²) < 4.78 is 43.1. The lowest BCUT2D eigenvalue weighted by Gasteiger charge is -2.34. The van der Waals surface area contributed by atoms with Gasteiger partial charge < -0.3 is 10.5 Å². The minimum Gasteiger partial charge on any atom is -0.377 e. The predicted molar refractivity (Wildman–Crippen MR) is 71.3 cm³/mol. The van der Waals surface area contributed by atoms with Crippen LogP contribution < -0.4 is 5.73 Å². The molecule has 0 aromatic heterocycles. The van der Waals surface area contributed by atoms with E-state index < -0.39 is 11.7 Å². The van der Waals surface area contributed by atoms with Gasteiger partial charge in [0, 0.05) is 13.2 Å². The number of rotatable bonds is 4. The molecule has 0 heterocycles. The summed E-state index contributed by atoms with van der Waals surface area (Å²) in [5.74, 6) is 0. The van der Waals surface area contributed by atoms with Crippen molar-refractivity contribution in [3.8, 4) is 0 Å². The van der Waals surface area contributed by atoms with E-state index in [-0.39, 0.29) is 11.6 Å². The fourth-order valence-corrected chi connectivity index (χ4v) is 2.97. The van der Waals surface area contributed by atoms with Gasteiger partial charge in [0.15, 0.2) is 0 Å². The Hall–Kier alpha value is -1.07. The van der Waals surface area contributed by atoms with Crippen LogP contribution in [0.15, 0.2) is 24.3 Å². The molecular formula is C15H20F3NO. The van der Waals surface area contributed by atoms with Gasteiger partial charge in [0.25, 0.3) is 0 Å². The molecule has 5 heteroatoms. The Morgan fingerprint density at radius 3 is 2.20 bits per heavy atom. The van der Waals surface area contributed by atoms with Crippen LogP contribution in [0.1, 0.15) is 36.8 Å². The SMILES string of the molecule is COC1(C(N)Cc2ccc(C(F)(F)F)cc2)CCCC1. The maximum absolute atomic E-state index is 12.5. The standard InChI is InChI=1S/C15H20F3NO/c1-20-14(8-2-3-9-14)13(19)10-11-4-6-12(7-5-11)15(16,17)18/h4-7,13H,2-3,8-10,19H2,1H3. The number of hydrogen-bond donors (Lipinski definition) is 1. The third-order valence-corrected chi connectivity index (χ3v) is 4.27. The Kier molecular flexibility index (Phi) is 4.39. The zero-order valence-electron chi connectivity index (χ0n) is 11.5. The number of alkyl halides is 3. The smallest absolute Gasteiger partial charge is 0.377 e. The summed E-state index contributed by atoms with van der Waals surface area (Å²) in [4.78, 5) is 0. The van der Waals surface area contributed by atoms with Gasteiger partial charge in [0.05, 0.1) is 11.2 Å². The first-order chi connectivity index (χ1) is 9.37. The molecule has 1 aliphatic rings. The fourth-order valence-electron chi connectivity index (χ4n) is 2.97. The van der Waals surface area contributed by atoms with Crippen LogP contribution in [-0.2, 0) is 17.3 Å². The van der Waals surface area contributed by atoms with Crippen LogP contribution in [0.5, 0.6) is 0 Å². The fraction of sp³-hybridized carbons (Fsp3) is 0.600. The minimum absolute atomic E-state index is 0.188. The van der Waals surface area contributed by atoms with Crippen molar-refractivity contribution < 1.29 is 17.9 Å². The maximum Gasteiger partial charge on any atom is 0.416 e. The zero-order chi connectivity index (χ0) is 14.8. The van der Waals surface area contributed by atoms with Gasteiger partial charge in [-0.2, -0.15) is 13.2 Å². The highest BCUT2D eigenvalue weighted by atomic mass is 19.4. The summed E-state index contributed by atoms with van der Waals surface area (Å²) in [6.07, 6.45) is 0.269. The molecule has 0 aliphatic heterocycles. The third-order valence-electron chi connectivity index (χ3n) is 4.27. The van der Waals surface area contributed by atoms with Gasteiger partial charge in [-0.3, -0.25) is 0 Å². The van der Waals surface area contributed by atoms with Crippen molar-refractivity contribution in [1.29, 1.82) is 0 Å². The highest BCUT2D eigenvalue weighted by Gasteiger charge is 2.39. The molecule has 0 amide bonds. The molecular weight excluding hydrogens is 267 g/mol. The molecule has 0 radical (unpaired) electrons. The van der Waals surface area contributed by atoms with Crippen molar-refractivity contribution in [2.45, 2.75) is 49.9 Å². The molecule has 1 aromatic rings. The molecule has 20 heavy (non-hydrogen) atoms. The van der Waals surface area contributed by atoms with E-state index in [1.165, 1.54) is 12.1 Å². The van der Waals surface area contributed by atoms with Crippen molar-refractivity contribution in [2.24, 2.45) is 5.73 Å². The molecule has 1 unspecified atom stereocenters. The highest BCUT2D eigenvalue weighted by molar-refractivity contribution is 5.25. The number of ether oxygens (including phenoxy) is 1. The Balaban J connectivity index is 2.06. The van der Waals surface area contributed by atoms with Gasteiger partial charge in [-0.15, -0.1) is 0 Å². The van der Waals surface area contributed by atoms with Crippen LogP contribution in [0.3, 0.4) is 0 Å². The molecule has 1 saturated carbocycles. The largest absolute Gasteiger partial charge is 0.416 e. The molecule has 0 saturated heterocycles. The van der Waals surface area contributed by atoms with Crippen molar-refractivity contribution in [3.05, 3.63) is 35.4 Å². The second-order valence-electron chi connectivity index (χ2n) is 5.48. The average molecular weight is 287 g/mol. The van der Waals surface area contributed by atoms with Crippen LogP contribution >= 0.6 is 0 Å². The van der Waals surface area contributed by atoms with Gasteiger partial charge >= 0.3 is 6.18 Å². The van der Waals surface area contributed by atoms with Gasteiger partial charge in [-0.1, -0.05) is 25.0 Å². The first-order valence-corrected chi connectivity index (χ1v) is 6.84. The normalized spacial score (nSPS) is 20.1. The first kappa shape index (κ1) is 15.3. The van der Waals surface area contributed by atoms with Crippen molar-refractivity contribution >= 4 is 0 Å². The Morgan fingerprint density at radius 1 is 1.20 bits per heavy atom. The van der Waals surface area contributed by atoms with Crippen LogP contribution in [0.4, 0.5) is 13.2 Å². The van der Waals surface area contributed by atoms with E-state index in [0.29, 0.717) is 6.42 Å². The molecule has 2 rings (SSSR count). The van der Waals surface area contributed by atoms with Crippen LogP contribution in [0.2, 0.25) is 0 Å². The maximum atomic E-state index is 12.5. The Morgan fingerprint density at radius 2 is 1.75 bits per heavy atom. The van der Waals surface area contributed by atoms with Crippen LogP contribution in [0.25, 0.3) is 0 Å². The van der Waals surface area contributed by atoms with Crippen molar-refractivity contribution in [3.63, 3.8) is 0 Å².